The summed E-state index contributed by atoms with van der Waals surface area (Å²) in [5.74, 6) is -0.163. The molecule has 0 bridgehead atoms. The Morgan fingerprint density at radius 1 is 1.33 bits per heavy atom. The molecule has 116 valence electrons. The Balaban J connectivity index is 1.78. The van der Waals surface area contributed by atoms with Gasteiger partial charge in [-0.2, -0.15) is 0 Å². The number of amides is 1. The van der Waals surface area contributed by atoms with Crippen molar-refractivity contribution in [3.8, 4) is 5.75 Å². The molecule has 0 atom stereocenters. The van der Waals surface area contributed by atoms with Crippen LogP contribution in [0, 0.1) is 0 Å². The lowest BCUT2D eigenvalue weighted by Crippen LogP contribution is -2.45. The predicted octanol–water partition coefficient (Wildman–Crippen LogP) is 1.50. The highest BCUT2D eigenvalue weighted by Crippen LogP contribution is 2.21. The molecule has 0 saturated carbocycles. The molecule has 2 rings (SSSR count). The van der Waals surface area contributed by atoms with Crippen LogP contribution in [-0.2, 0) is 14.3 Å². The molecule has 1 aromatic carbocycles. The Bertz CT molecular complexity index is 463. The number of primary amides is 1. The second kappa shape index (κ2) is 6.78. The summed E-state index contributed by atoms with van der Waals surface area (Å²) < 4.78 is 16.6. The summed E-state index contributed by atoms with van der Waals surface area (Å²) in [4.78, 5) is 10.6. The number of benzene rings is 1. The number of carbonyl (C=O) groups is 1. The van der Waals surface area contributed by atoms with Crippen LogP contribution >= 0.6 is 0 Å². The second-order valence-corrected chi connectivity index (χ2v) is 5.45. The van der Waals surface area contributed by atoms with Gasteiger partial charge in [0.2, 0.25) is 5.91 Å². The van der Waals surface area contributed by atoms with Gasteiger partial charge in [0.25, 0.3) is 0 Å². The van der Waals surface area contributed by atoms with Gasteiger partial charge in [0, 0.05) is 5.69 Å². The number of ether oxygens (including phenoxy) is 3. The summed E-state index contributed by atoms with van der Waals surface area (Å²) in [5.41, 5.74) is 6.02. The Labute approximate surface area is 124 Å². The second-order valence-electron chi connectivity index (χ2n) is 5.45. The molecule has 0 spiro atoms. The van der Waals surface area contributed by atoms with E-state index in [0.29, 0.717) is 25.6 Å². The van der Waals surface area contributed by atoms with E-state index in [1.54, 1.807) is 0 Å². The molecule has 1 aliphatic heterocycles. The van der Waals surface area contributed by atoms with E-state index in [2.05, 4.69) is 5.32 Å². The molecule has 21 heavy (non-hydrogen) atoms. The number of hydrogen-bond donors (Lipinski definition) is 2. The first kappa shape index (κ1) is 15.6. The number of rotatable bonds is 6. The Morgan fingerprint density at radius 2 is 1.95 bits per heavy atom. The van der Waals surface area contributed by atoms with Gasteiger partial charge >= 0.3 is 0 Å². The van der Waals surface area contributed by atoms with Crippen molar-refractivity contribution in [2.45, 2.75) is 32.1 Å². The van der Waals surface area contributed by atoms with Gasteiger partial charge in [-0.3, -0.25) is 4.79 Å². The molecule has 1 fully saturated rings. The van der Waals surface area contributed by atoms with Gasteiger partial charge in [0.05, 0.1) is 32.3 Å². The highest BCUT2D eigenvalue weighted by Gasteiger charge is 2.28. The van der Waals surface area contributed by atoms with Gasteiger partial charge in [0.1, 0.15) is 5.75 Å². The highest BCUT2D eigenvalue weighted by molar-refractivity contribution is 5.73. The van der Waals surface area contributed by atoms with Crippen LogP contribution in [0.3, 0.4) is 0 Å². The highest BCUT2D eigenvalue weighted by atomic mass is 16.7. The summed E-state index contributed by atoms with van der Waals surface area (Å²) in [6, 6.07) is 7.65. The Morgan fingerprint density at radius 3 is 2.52 bits per heavy atom. The topological polar surface area (TPSA) is 82.8 Å². The molecule has 1 heterocycles. The molecule has 1 saturated heterocycles. The van der Waals surface area contributed by atoms with E-state index < -0.39 is 5.79 Å². The first-order chi connectivity index (χ1) is 9.94. The zero-order valence-corrected chi connectivity index (χ0v) is 12.4. The standard InChI is InChI=1S/C15H22N2O4/c1-15(2)20-9-12(10-21-15)17-11-3-5-13(6-4-11)19-8-7-14(16)18/h3-6,12,17H,7-10H2,1-2H3,(H2,16,18). The van der Waals surface area contributed by atoms with E-state index in [1.807, 2.05) is 38.1 Å². The summed E-state index contributed by atoms with van der Waals surface area (Å²) in [6.07, 6.45) is 0.215. The van der Waals surface area contributed by atoms with Crippen LogP contribution in [0.2, 0.25) is 0 Å². The molecule has 1 aromatic rings. The van der Waals surface area contributed by atoms with Crippen molar-refractivity contribution in [3.05, 3.63) is 24.3 Å². The van der Waals surface area contributed by atoms with Gasteiger partial charge in [-0.25, -0.2) is 0 Å². The number of anilines is 1. The lowest BCUT2D eigenvalue weighted by atomic mass is 10.2. The van der Waals surface area contributed by atoms with Crippen molar-refractivity contribution >= 4 is 11.6 Å². The number of nitrogens with two attached hydrogens (primary N) is 1. The monoisotopic (exact) mass is 294 g/mol. The molecular formula is C15H22N2O4. The van der Waals surface area contributed by atoms with Gasteiger partial charge < -0.3 is 25.3 Å². The quantitative estimate of drug-likeness (QED) is 0.831. The third-order valence-electron chi connectivity index (χ3n) is 3.11. The Hall–Kier alpha value is -1.79. The zero-order chi connectivity index (χ0) is 15.3. The summed E-state index contributed by atoms with van der Waals surface area (Å²) >= 11 is 0. The van der Waals surface area contributed by atoms with Crippen LogP contribution in [0.15, 0.2) is 24.3 Å². The molecule has 6 heteroatoms. The van der Waals surface area contributed by atoms with Crippen molar-refractivity contribution in [2.75, 3.05) is 25.1 Å². The van der Waals surface area contributed by atoms with Crippen molar-refractivity contribution in [1.29, 1.82) is 0 Å². The van der Waals surface area contributed by atoms with E-state index in [4.69, 9.17) is 19.9 Å². The molecule has 1 amide bonds. The first-order valence-corrected chi connectivity index (χ1v) is 7.00. The van der Waals surface area contributed by atoms with Crippen molar-refractivity contribution in [2.24, 2.45) is 5.73 Å². The lowest BCUT2D eigenvalue weighted by molar-refractivity contribution is -0.247. The van der Waals surface area contributed by atoms with Gasteiger partial charge in [0.15, 0.2) is 5.79 Å². The maximum Gasteiger partial charge on any atom is 0.220 e. The maximum absolute atomic E-state index is 10.6. The van der Waals surface area contributed by atoms with Crippen LogP contribution in [0.25, 0.3) is 0 Å². The molecular weight excluding hydrogens is 272 g/mol. The Kier molecular flexibility index (Phi) is 5.03. The van der Waals surface area contributed by atoms with E-state index in [1.165, 1.54) is 0 Å². The smallest absolute Gasteiger partial charge is 0.220 e. The van der Waals surface area contributed by atoms with E-state index in [9.17, 15) is 4.79 Å². The largest absolute Gasteiger partial charge is 0.493 e. The van der Waals surface area contributed by atoms with Crippen molar-refractivity contribution < 1.29 is 19.0 Å². The predicted molar refractivity (Wildman–Crippen MR) is 79.1 cm³/mol. The van der Waals surface area contributed by atoms with E-state index in [0.717, 1.165) is 5.69 Å². The minimum absolute atomic E-state index is 0.125. The molecule has 0 aliphatic carbocycles. The number of nitrogens with one attached hydrogen (secondary N) is 1. The summed E-state index contributed by atoms with van der Waals surface area (Å²) in [5, 5.41) is 3.34. The molecule has 6 nitrogen and oxygen atoms in total. The van der Waals surface area contributed by atoms with Crippen LogP contribution in [0.5, 0.6) is 5.75 Å². The fraction of sp³-hybridized carbons (Fsp3) is 0.533. The van der Waals surface area contributed by atoms with Crippen LogP contribution in [-0.4, -0.2) is 37.6 Å². The maximum atomic E-state index is 10.6. The van der Waals surface area contributed by atoms with Crippen LogP contribution in [0.1, 0.15) is 20.3 Å². The minimum Gasteiger partial charge on any atom is -0.493 e. The number of carbonyl (C=O) groups excluding carboxylic acids is 1. The van der Waals surface area contributed by atoms with Crippen molar-refractivity contribution in [3.63, 3.8) is 0 Å². The summed E-state index contributed by atoms with van der Waals surface area (Å²) in [6.45, 7) is 5.30. The number of hydrogen-bond acceptors (Lipinski definition) is 5. The minimum atomic E-state index is -0.504. The fourth-order valence-electron chi connectivity index (χ4n) is 1.93. The normalized spacial score (nSPS) is 18.2. The average molecular weight is 294 g/mol. The van der Waals surface area contributed by atoms with Crippen LogP contribution < -0.4 is 15.8 Å². The molecule has 0 radical (unpaired) electrons. The third-order valence-corrected chi connectivity index (χ3v) is 3.11. The average Bonchev–Trinajstić information content (AvgIpc) is 2.43. The zero-order valence-electron chi connectivity index (χ0n) is 12.4. The molecule has 0 aromatic heterocycles. The third kappa shape index (κ3) is 5.24. The lowest BCUT2D eigenvalue weighted by Gasteiger charge is -2.35. The SMILES string of the molecule is CC1(C)OCC(Nc2ccc(OCCC(N)=O)cc2)CO1. The molecule has 0 unspecified atom stereocenters. The molecule has 1 aliphatic rings. The van der Waals surface area contributed by atoms with Gasteiger partial charge in [-0.15, -0.1) is 0 Å². The summed E-state index contributed by atoms with van der Waals surface area (Å²) in [7, 11) is 0. The first-order valence-electron chi connectivity index (χ1n) is 7.00. The fourth-order valence-corrected chi connectivity index (χ4v) is 1.93. The molecule has 3 N–H and O–H groups in total. The van der Waals surface area contributed by atoms with Crippen LogP contribution in [0.4, 0.5) is 5.69 Å². The van der Waals surface area contributed by atoms with Gasteiger partial charge in [-0.1, -0.05) is 0 Å². The van der Waals surface area contributed by atoms with Crippen molar-refractivity contribution in [1.82, 2.24) is 0 Å². The van der Waals surface area contributed by atoms with E-state index >= 15 is 0 Å². The van der Waals surface area contributed by atoms with E-state index in [-0.39, 0.29) is 18.4 Å². The van der Waals surface area contributed by atoms with Gasteiger partial charge in [-0.05, 0) is 38.1 Å².